The fraction of sp³-hybridized carbons (Fsp3) is 0.944. The Morgan fingerprint density at radius 2 is 0.706 bits per heavy atom. The van der Waals surface area contributed by atoms with Crippen molar-refractivity contribution in [3.05, 3.63) is 0 Å². The van der Waals surface area contributed by atoms with Gasteiger partial charge in [0.25, 0.3) is 0 Å². The molecular formula is C71H139N9O5. The van der Waals surface area contributed by atoms with Crippen molar-refractivity contribution in [2.45, 2.75) is 187 Å². The van der Waals surface area contributed by atoms with Crippen LogP contribution < -0.4 is 0 Å². The molecule has 7 aliphatic heterocycles. The van der Waals surface area contributed by atoms with Crippen LogP contribution in [0.15, 0.2) is 0 Å². The Bertz CT molecular complexity index is 1780. The summed E-state index contributed by atoms with van der Waals surface area (Å²) in [7, 11) is 8.09. The molecule has 9 aliphatic rings. The van der Waals surface area contributed by atoms with Crippen molar-refractivity contribution in [3.8, 4) is 0 Å². The van der Waals surface area contributed by atoms with Crippen molar-refractivity contribution in [2.75, 3.05) is 166 Å². The number of carbonyl (C=O) groups excluding carboxylic acids is 4. The number of likely N-dealkylation sites (tertiary alicyclic amines) is 6. The molecule has 4 amide bonds. The minimum Gasteiger partial charge on any atom is -0.379 e. The van der Waals surface area contributed by atoms with Crippen molar-refractivity contribution in [1.29, 1.82) is 0 Å². The SMILES string of the molecule is CC(C)C1CCC1.CC(C)C1CCCCC1.CC(C)C1CN(C(=O)CCCN(C)C)C1.CC(C)C1CN(C(=O)CCN(C)C)C1.CC(C)C1CN(C(=O)CN2CCC2)C1.CC(C)C1CN(C(=O)CN2CCOCC2)C1.CCCN1CC(C(C)C)C1. The third kappa shape index (κ3) is 29.9. The van der Waals surface area contributed by atoms with E-state index in [9.17, 15) is 19.2 Å². The molecule has 0 spiro atoms. The van der Waals surface area contributed by atoms with Crippen LogP contribution in [0.5, 0.6) is 0 Å². The van der Waals surface area contributed by atoms with Gasteiger partial charge < -0.3 is 39.0 Å². The Kier molecular flexibility index (Phi) is 37.2. The Morgan fingerprint density at radius 3 is 1.00 bits per heavy atom. The quantitative estimate of drug-likeness (QED) is 0.117. The number of morpholine rings is 1. The maximum Gasteiger partial charge on any atom is 0.236 e. The van der Waals surface area contributed by atoms with Crippen molar-refractivity contribution in [2.24, 2.45) is 82.9 Å². The Labute approximate surface area is 525 Å². The van der Waals surface area contributed by atoms with E-state index in [1.165, 1.54) is 83.8 Å². The lowest BCUT2D eigenvalue weighted by Gasteiger charge is -2.43. The molecule has 14 heteroatoms. The second kappa shape index (κ2) is 41.1. The number of amides is 4. The highest BCUT2D eigenvalue weighted by Gasteiger charge is 2.36. The third-order valence-corrected chi connectivity index (χ3v) is 20.5. The number of nitrogens with zero attached hydrogens (tertiary/aromatic N) is 9. The number of hydrogen-bond donors (Lipinski definition) is 0. The summed E-state index contributed by atoms with van der Waals surface area (Å²) in [6, 6.07) is 0. The van der Waals surface area contributed by atoms with E-state index in [0.29, 0.717) is 67.3 Å². The lowest BCUT2D eigenvalue weighted by molar-refractivity contribution is -0.141. The molecule has 0 atom stereocenters. The predicted octanol–water partition coefficient (Wildman–Crippen LogP) is 11.4. The van der Waals surface area contributed by atoms with Gasteiger partial charge in [-0.05, 0) is 156 Å². The summed E-state index contributed by atoms with van der Waals surface area (Å²) in [6.45, 7) is 54.6. The fourth-order valence-electron chi connectivity index (χ4n) is 12.1. The summed E-state index contributed by atoms with van der Waals surface area (Å²) >= 11 is 0. The van der Waals surface area contributed by atoms with Gasteiger partial charge in [0, 0.05) is 97.9 Å². The van der Waals surface area contributed by atoms with Crippen molar-refractivity contribution in [3.63, 3.8) is 0 Å². The molecule has 0 unspecified atom stereocenters. The Hall–Kier alpha value is -2.36. The first-order valence-electron chi connectivity index (χ1n) is 35.3. The molecule has 0 aromatic heterocycles. The lowest BCUT2D eigenvalue weighted by Crippen LogP contribution is -2.55. The van der Waals surface area contributed by atoms with Gasteiger partial charge in [0.2, 0.25) is 23.6 Å². The third-order valence-electron chi connectivity index (χ3n) is 20.5. The lowest BCUT2D eigenvalue weighted by atomic mass is 9.78. The van der Waals surface area contributed by atoms with E-state index < -0.39 is 0 Å². The minimum atomic E-state index is 0.291. The molecule has 7 saturated heterocycles. The molecule has 7 heterocycles. The molecule has 9 fully saturated rings. The zero-order valence-corrected chi connectivity index (χ0v) is 59.2. The molecule has 0 N–H and O–H groups in total. The van der Waals surface area contributed by atoms with Gasteiger partial charge in [0.05, 0.1) is 26.3 Å². The van der Waals surface area contributed by atoms with Crippen LogP contribution in [0.2, 0.25) is 0 Å². The summed E-state index contributed by atoms with van der Waals surface area (Å²) in [6.07, 6.45) is 16.9. The van der Waals surface area contributed by atoms with Crippen molar-refractivity contribution in [1.82, 2.24) is 44.1 Å². The normalized spacial score (nSPS) is 21.1. The Balaban J connectivity index is 0.000000263. The highest BCUT2D eigenvalue weighted by molar-refractivity contribution is 5.80. The van der Waals surface area contributed by atoms with E-state index >= 15 is 0 Å². The number of ether oxygens (including phenoxy) is 1. The van der Waals surface area contributed by atoms with Crippen molar-refractivity contribution >= 4 is 23.6 Å². The highest BCUT2D eigenvalue weighted by atomic mass is 16.5. The number of carbonyl (C=O) groups is 4. The zero-order chi connectivity index (χ0) is 63.3. The molecule has 2 aliphatic carbocycles. The highest BCUT2D eigenvalue weighted by Crippen LogP contribution is 2.33. The van der Waals surface area contributed by atoms with Gasteiger partial charge in [-0.15, -0.1) is 0 Å². The van der Waals surface area contributed by atoms with E-state index in [4.69, 9.17) is 4.74 Å². The molecule has 2 saturated carbocycles. The summed E-state index contributed by atoms with van der Waals surface area (Å²) < 4.78 is 5.26. The average Bonchev–Trinajstić information content (AvgIpc) is 3.55. The molecule has 0 aromatic rings. The molecule has 85 heavy (non-hydrogen) atoms. The van der Waals surface area contributed by atoms with Gasteiger partial charge in [0.15, 0.2) is 0 Å². The predicted molar refractivity (Wildman–Crippen MR) is 358 cm³/mol. The Morgan fingerprint density at radius 1 is 0.376 bits per heavy atom. The summed E-state index contributed by atoms with van der Waals surface area (Å²) in [5.41, 5.74) is 0. The standard InChI is InChI=1S/C12H22N2O2.C12H24N2O.C11H20N2O.C11H22N2O.C9H19N.C9H18.C7H14/c1-10(2)11-7-14(8-11)12(15)9-13-3-5-16-6-4-13;1-10(2)11-8-14(9-11)12(15)6-5-7-13(3)4;1-9(2)10-6-13(7-10)11(14)8-12-4-3-5-12;1-9(2)10-7-13(8-10)11(14)5-6-12(3)4;1-4-5-10-6-9(7-10)8(2)3;1-8(2)9-6-4-3-5-7-9;1-6(2)7-4-3-5-7/h10-11H,3-9H2,1-2H3;10-11H,5-9H2,1-4H3;9-10H,3-8H2,1-2H3;9-10H,5-8H2,1-4H3;8-9H,4-7H2,1-3H3;8-9H,3-7H2,1-2H3;6-7H,3-5H2,1-2H3. The zero-order valence-electron chi connectivity index (χ0n) is 59.2. The first-order valence-corrected chi connectivity index (χ1v) is 35.3. The van der Waals surface area contributed by atoms with E-state index in [2.05, 4.69) is 128 Å². The van der Waals surface area contributed by atoms with Gasteiger partial charge in [-0.2, -0.15) is 0 Å². The molecule has 0 radical (unpaired) electrons. The minimum absolute atomic E-state index is 0.291. The van der Waals surface area contributed by atoms with Crippen LogP contribution in [0.25, 0.3) is 0 Å². The van der Waals surface area contributed by atoms with Gasteiger partial charge in [0.1, 0.15) is 0 Å². The molecule has 0 bridgehead atoms. The smallest absolute Gasteiger partial charge is 0.236 e. The average molecular weight is 1200 g/mol. The summed E-state index contributed by atoms with van der Waals surface area (Å²) in [5, 5.41) is 0. The van der Waals surface area contributed by atoms with Crippen LogP contribution in [-0.4, -0.2) is 233 Å². The molecule has 9 rings (SSSR count). The van der Waals surface area contributed by atoms with E-state index in [-0.39, 0.29) is 0 Å². The van der Waals surface area contributed by atoms with E-state index in [1.807, 2.05) is 47.8 Å². The van der Waals surface area contributed by atoms with Crippen LogP contribution >= 0.6 is 0 Å². The largest absolute Gasteiger partial charge is 0.379 e. The number of rotatable bonds is 20. The molecule has 498 valence electrons. The second-order valence-electron chi connectivity index (χ2n) is 30.5. The summed E-state index contributed by atoms with van der Waals surface area (Å²) in [4.78, 5) is 66.0. The summed E-state index contributed by atoms with van der Waals surface area (Å²) in [5.74, 6) is 13.0. The van der Waals surface area contributed by atoms with Gasteiger partial charge in [-0.25, -0.2) is 0 Å². The second-order valence-corrected chi connectivity index (χ2v) is 30.5. The number of hydrogen-bond acceptors (Lipinski definition) is 10. The van der Waals surface area contributed by atoms with Gasteiger partial charge in [-0.3, -0.25) is 29.0 Å². The molecule has 14 nitrogen and oxygen atoms in total. The maximum atomic E-state index is 11.9. The van der Waals surface area contributed by atoms with E-state index in [1.54, 1.807) is 0 Å². The molecular weight excluding hydrogens is 1060 g/mol. The van der Waals surface area contributed by atoms with Gasteiger partial charge >= 0.3 is 0 Å². The first-order chi connectivity index (χ1) is 40.2. The van der Waals surface area contributed by atoms with Gasteiger partial charge in [-0.1, -0.05) is 155 Å². The van der Waals surface area contributed by atoms with E-state index in [0.717, 1.165) is 176 Å². The van der Waals surface area contributed by atoms with Crippen LogP contribution in [0.1, 0.15) is 187 Å². The van der Waals surface area contributed by atoms with Crippen LogP contribution in [0.3, 0.4) is 0 Å². The molecule has 0 aromatic carbocycles. The topological polar surface area (TPSA) is 107 Å². The first kappa shape index (κ1) is 76.9. The van der Waals surface area contributed by atoms with Crippen LogP contribution in [0, 0.1) is 82.9 Å². The van der Waals surface area contributed by atoms with Crippen LogP contribution in [0.4, 0.5) is 0 Å². The maximum absolute atomic E-state index is 11.9. The monoisotopic (exact) mass is 1200 g/mol. The van der Waals surface area contributed by atoms with Crippen molar-refractivity contribution < 1.29 is 23.9 Å². The fourth-order valence-corrected chi connectivity index (χ4v) is 12.1. The van der Waals surface area contributed by atoms with Crippen LogP contribution in [-0.2, 0) is 23.9 Å².